The van der Waals surface area contributed by atoms with Gasteiger partial charge in [0.2, 0.25) is 0 Å². The van der Waals surface area contributed by atoms with E-state index in [1.54, 1.807) is 0 Å². The molecule has 1 aliphatic rings. The zero-order valence-electron chi connectivity index (χ0n) is 8.21. The lowest BCUT2D eigenvalue weighted by Gasteiger charge is -2.13. The van der Waals surface area contributed by atoms with E-state index >= 15 is 0 Å². The number of carboxylic acid groups (broad SMARTS) is 1. The van der Waals surface area contributed by atoms with Gasteiger partial charge in [-0.15, -0.1) is 0 Å². The van der Waals surface area contributed by atoms with E-state index in [9.17, 15) is 13.6 Å². The Hall–Kier alpha value is -0.970. The van der Waals surface area contributed by atoms with Gasteiger partial charge in [0.05, 0.1) is 5.92 Å². The first kappa shape index (κ1) is 11.5. The van der Waals surface area contributed by atoms with Crippen molar-refractivity contribution in [2.45, 2.75) is 18.8 Å². The highest BCUT2D eigenvalue weighted by molar-refractivity contribution is 9.10. The molecule has 0 aliphatic heterocycles. The molecule has 1 aromatic rings. The molecule has 0 bridgehead atoms. The van der Waals surface area contributed by atoms with E-state index in [1.165, 1.54) is 0 Å². The van der Waals surface area contributed by atoms with Crippen molar-refractivity contribution in [3.63, 3.8) is 0 Å². The van der Waals surface area contributed by atoms with E-state index in [0.29, 0.717) is 10.0 Å². The summed E-state index contributed by atoms with van der Waals surface area (Å²) in [6, 6.07) is 1.94. The summed E-state index contributed by atoms with van der Waals surface area (Å²) >= 11 is 3.08. The summed E-state index contributed by atoms with van der Waals surface area (Å²) in [5, 5.41) is 9.08. The fourth-order valence-corrected chi connectivity index (χ4v) is 2.36. The van der Waals surface area contributed by atoms with Crippen LogP contribution in [0.2, 0.25) is 0 Å². The van der Waals surface area contributed by atoms with E-state index in [0.717, 1.165) is 25.0 Å². The first-order valence-electron chi connectivity index (χ1n) is 4.88. The molecule has 2 rings (SSSR count). The Kier molecular flexibility index (Phi) is 2.97. The zero-order chi connectivity index (χ0) is 11.9. The second kappa shape index (κ2) is 4.13. The van der Waals surface area contributed by atoms with Crippen LogP contribution in [0.3, 0.4) is 0 Å². The third kappa shape index (κ3) is 2.09. The normalized spacial score (nSPS) is 17.2. The Bertz CT molecular complexity index is 444. The highest BCUT2D eigenvalue weighted by Crippen LogP contribution is 2.45. The molecule has 0 heterocycles. The SMILES string of the molecule is O=C(O)C(c1cc(F)c(F)cc1Br)C1CC1. The lowest BCUT2D eigenvalue weighted by atomic mass is 9.94. The summed E-state index contributed by atoms with van der Waals surface area (Å²) in [6.07, 6.45) is 1.64. The van der Waals surface area contributed by atoms with E-state index in [2.05, 4.69) is 15.9 Å². The van der Waals surface area contributed by atoms with Gasteiger partial charge >= 0.3 is 5.97 Å². The summed E-state index contributed by atoms with van der Waals surface area (Å²) in [7, 11) is 0. The molecule has 1 unspecified atom stereocenters. The number of aliphatic carboxylic acids is 1. The Balaban J connectivity index is 2.44. The minimum Gasteiger partial charge on any atom is -0.481 e. The molecule has 0 saturated heterocycles. The largest absolute Gasteiger partial charge is 0.481 e. The molecule has 1 aromatic carbocycles. The highest BCUT2D eigenvalue weighted by atomic mass is 79.9. The predicted octanol–water partition coefficient (Wildman–Crippen LogP) is 3.31. The van der Waals surface area contributed by atoms with Crippen molar-refractivity contribution in [2.24, 2.45) is 5.92 Å². The zero-order valence-corrected chi connectivity index (χ0v) is 9.80. The summed E-state index contributed by atoms with van der Waals surface area (Å²) in [5.74, 6) is -3.68. The summed E-state index contributed by atoms with van der Waals surface area (Å²) in [5.41, 5.74) is 0.314. The van der Waals surface area contributed by atoms with Crippen molar-refractivity contribution < 1.29 is 18.7 Å². The lowest BCUT2D eigenvalue weighted by Crippen LogP contribution is -2.14. The number of halogens is 3. The first-order valence-corrected chi connectivity index (χ1v) is 5.67. The van der Waals surface area contributed by atoms with Crippen LogP contribution >= 0.6 is 15.9 Å². The number of carboxylic acids is 1. The molecular weight excluding hydrogens is 282 g/mol. The molecule has 0 amide bonds. The van der Waals surface area contributed by atoms with Gasteiger partial charge in [-0.3, -0.25) is 4.79 Å². The van der Waals surface area contributed by atoms with E-state index in [1.807, 2.05) is 0 Å². The van der Waals surface area contributed by atoms with Crippen LogP contribution in [0.25, 0.3) is 0 Å². The van der Waals surface area contributed by atoms with Crippen LogP contribution in [-0.2, 0) is 4.79 Å². The molecule has 1 aliphatic carbocycles. The van der Waals surface area contributed by atoms with E-state index < -0.39 is 23.5 Å². The fraction of sp³-hybridized carbons (Fsp3) is 0.364. The molecule has 0 aromatic heterocycles. The van der Waals surface area contributed by atoms with Crippen LogP contribution in [0.5, 0.6) is 0 Å². The molecule has 0 radical (unpaired) electrons. The van der Waals surface area contributed by atoms with Gasteiger partial charge in [0.15, 0.2) is 11.6 Å². The maximum atomic E-state index is 13.1. The van der Waals surface area contributed by atoms with Crippen LogP contribution in [0.4, 0.5) is 8.78 Å². The summed E-state index contributed by atoms with van der Waals surface area (Å²) in [4.78, 5) is 11.1. The number of rotatable bonds is 3. The Labute approximate surface area is 99.4 Å². The highest BCUT2D eigenvalue weighted by Gasteiger charge is 2.38. The number of benzene rings is 1. The second-order valence-electron chi connectivity index (χ2n) is 3.94. The van der Waals surface area contributed by atoms with Crippen molar-refractivity contribution in [1.29, 1.82) is 0 Å². The molecule has 1 fully saturated rings. The molecule has 1 atom stereocenters. The standard InChI is InChI=1S/C11H9BrF2O2/c12-7-4-9(14)8(13)3-6(7)10(11(15)16)5-1-2-5/h3-5,10H,1-2H2,(H,15,16). The Morgan fingerprint density at radius 3 is 2.44 bits per heavy atom. The maximum Gasteiger partial charge on any atom is 0.311 e. The van der Waals surface area contributed by atoms with Gasteiger partial charge in [-0.1, -0.05) is 15.9 Å². The smallest absolute Gasteiger partial charge is 0.311 e. The topological polar surface area (TPSA) is 37.3 Å². The molecule has 0 spiro atoms. The van der Waals surface area contributed by atoms with Gasteiger partial charge in [-0.2, -0.15) is 0 Å². The van der Waals surface area contributed by atoms with Gasteiger partial charge in [0, 0.05) is 4.47 Å². The minimum absolute atomic E-state index is 0.0404. The lowest BCUT2D eigenvalue weighted by molar-refractivity contribution is -0.139. The van der Waals surface area contributed by atoms with Crippen molar-refractivity contribution in [1.82, 2.24) is 0 Å². The van der Waals surface area contributed by atoms with Crippen LogP contribution in [0, 0.1) is 17.6 Å². The van der Waals surface area contributed by atoms with Crippen molar-refractivity contribution in [3.05, 3.63) is 33.8 Å². The predicted molar refractivity (Wildman–Crippen MR) is 57.2 cm³/mol. The monoisotopic (exact) mass is 290 g/mol. The molecule has 5 heteroatoms. The van der Waals surface area contributed by atoms with Crippen molar-refractivity contribution in [3.8, 4) is 0 Å². The molecule has 1 N–H and O–H groups in total. The first-order chi connectivity index (χ1) is 7.50. The molecule has 86 valence electrons. The van der Waals surface area contributed by atoms with Gasteiger partial charge in [0.1, 0.15) is 0 Å². The quantitative estimate of drug-likeness (QED) is 0.867. The van der Waals surface area contributed by atoms with Gasteiger partial charge in [0.25, 0.3) is 0 Å². The minimum atomic E-state index is -1.01. The van der Waals surface area contributed by atoms with Crippen LogP contribution in [-0.4, -0.2) is 11.1 Å². The third-order valence-corrected chi connectivity index (χ3v) is 3.42. The number of hydrogen-bond acceptors (Lipinski definition) is 1. The van der Waals surface area contributed by atoms with Crippen molar-refractivity contribution in [2.75, 3.05) is 0 Å². The fourth-order valence-electron chi connectivity index (χ4n) is 1.79. The number of carbonyl (C=O) groups is 1. The van der Waals surface area contributed by atoms with E-state index in [4.69, 9.17) is 5.11 Å². The van der Waals surface area contributed by atoms with Crippen LogP contribution in [0.1, 0.15) is 24.3 Å². The second-order valence-corrected chi connectivity index (χ2v) is 4.80. The van der Waals surface area contributed by atoms with Gasteiger partial charge in [-0.25, -0.2) is 8.78 Å². The van der Waals surface area contributed by atoms with Crippen LogP contribution < -0.4 is 0 Å². The van der Waals surface area contributed by atoms with Gasteiger partial charge < -0.3 is 5.11 Å². The van der Waals surface area contributed by atoms with Crippen LogP contribution in [0.15, 0.2) is 16.6 Å². The number of hydrogen-bond donors (Lipinski definition) is 1. The maximum absolute atomic E-state index is 13.1. The molecule has 1 saturated carbocycles. The van der Waals surface area contributed by atoms with E-state index in [-0.39, 0.29) is 5.92 Å². The van der Waals surface area contributed by atoms with Crippen molar-refractivity contribution >= 4 is 21.9 Å². The molecule has 2 nitrogen and oxygen atoms in total. The summed E-state index contributed by atoms with van der Waals surface area (Å²) in [6.45, 7) is 0. The summed E-state index contributed by atoms with van der Waals surface area (Å²) < 4.78 is 26.3. The average Bonchev–Trinajstić information content (AvgIpc) is 2.97. The third-order valence-electron chi connectivity index (χ3n) is 2.73. The van der Waals surface area contributed by atoms with Gasteiger partial charge in [-0.05, 0) is 36.5 Å². The Morgan fingerprint density at radius 2 is 1.94 bits per heavy atom. The average molecular weight is 291 g/mol. The Morgan fingerprint density at radius 1 is 1.38 bits per heavy atom. The molecular formula is C11H9BrF2O2. The molecule has 16 heavy (non-hydrogen) atoms.